The smallest absolute Gasteiger partial charge is 0.255 e. The van der Waals surface area contributed by atoms with Crippen LogP contribution in [0, 0.1) is 0 Å². The number of amides is 3. The van der Waals surface area contributed by atoms with Gasteiger partial charge in [-0.05, 0) is 56.3 Å². The van der Waals surface area contributed by atoms with Gasteiger partial charge in [-0.3, -0.25) is 14.4 Å². The molecular formula is C22H25N3O3. The molecule has 146 valence electrons. The number of carbonyl (C=O) groups excluding carboxylic acids is 3. The molecule has 6 heteroatoms. The minimum Gasteiger partial charge on any atom is -0.339 e. The molecular weight excluding hydrogens is 354 g/mol. The van der Waals surface area contributed by atoms with E-state index in [4.69, 9.17) is 0 Å². The Morgan fingerprint density at radius 2 is 1.61 bits per heavy atom. The maximum Gasteiger partial charge on any atom is 0.255 e. The van der Waals surface area contributed by atoms with Crippen molar-refractivity contribution in [1.29, 1.82) is 0 Å². The lowest BCUT2D eigenvalue weighted by molar-refractivity contribution is -0.113. The van der Waals surface area contributed by atoms with E-state index < -0.39 is 0 Å². The Hall–Kier alpha value is -3.41. The van der Waals surface area contributed by atoms with Crippen molar-refractivity contribution in [1.82, 2.24) is 4.90 Å². The molecule has 0 aliphatic rings. The van der Waals surface area contributed by atoms with Crippen molar-refractivity contribution in [3.63, 3.8) is 0 Å². The monoisotopic (exact) mass is 379 g/mol. The Balaban J connectivity index is 2.21. The summed E-state index contributed by atoms with van der Waals surface area (Å²) in [4.78, 5) is 40.0. The zero-order valence-electron chi connectivity index (χ0n) is 16.6. The fourth-order valence-electron chi connectivity index (χ4n) is 2.50. The summed E-state index contributed by atoms with van der Waals surface area (Å²) < 4.78 is 0. The molecule has 0 saturated carbocycles. The molecule has 0 unspecified atom stereocenters. The molecule has 0 fully saturated rings. The van der Waals surface area contributed by atoms with Gasteiger partial charge in [0.25, 0.3) is 11.8 Å². The van der Waals surface area contributed by atoms with Crippen LogP contribution in [0.5, 0.6) is 0 Å². The van der Waals surface area contributed by atoms with Gasteiger partial charge in [-0.2, -0.15) is 0 Å². The van der Waals surface area contributed by atoms with Crippen LogP contribution in [-0.2, 0) is 4.79 Å². The second kappa shape index (κ2) is 8.99. The van der Waals surface area contributed by atoms with Crippen molar-refractivity contribution < 1.29 is 14.4 Å². The summed E-state index contributed by atoms with van der Waals surface area (Å²) in [5.74, 6) is -0.735. The molecule has 6 nitrogen and oxygen atoms in total. The Bertz CT molecular complexity index is 888. The summed E-state index contributed by atoms with van der Waals surface area (Å²) in [6.07, 6.45) is 1.22. The number of rotatable bonds is 6. The number of anilines is 2. The van der Waals surface area contributed by atoms with Crippen molar-refractivity contribution in [3.8, 4) is 0 Å². The van der Waals surface area contributed by atoms with Crippen molar-refractivity contribution in [2.75, 3.05) is 24.3 Å². The van der Waals surface area contributed by atoms with Gasteiger partial charge in [0, 0.05) is 31.4 Å². The molecule has 0 heterocycles. The van der Waals surface area contributed by atoms with Gasteiger partial charge in [0.15, 0.2) is 0 Å². The number of nitrogens with one attached hydrogen (secondary N) is 1. The van der Waals surface area contributed by atoms with Gasteiger partial charge in [-0.15, -0.1) is 0 Å². The van der Waals surface area contributed by atoms with E-state index >= 15 is 0 Å². The van der Waals surface area contributed by atoms with Crippen LogP contribution in [0.2, 0.25) is 0 Å². The van der Waals surface area contributed by atoms with Crippen molar-refractivity contribution >= 4 is 29.1 Å². The first-order chi connectivity index (χ1) is 13.3. The quantitative estimate of drug-likeness (QED) is 0.780. The normalized spacial score (nSPS) is 10.3. The number of hydrogen-bond acceptors (Lipinski definition) is 3. The van der Waals surface area contributed by atoms with Crippen LogP contribution in [0.3, 0.4) is 0 Å². The van der Waals surface area contributed by atoms with Gasteiger partial charge in [-0.1, -0.05) is 18.7 Å². The Morgan fingerprint density at radius 1 is 1.00 bits per heavy atom. The zero-order chi connectivity index (χ0) is 20.8. The van der Waals surface area contributed by atoms with E-state index in [1.54, 1.807) is 67.5 Å². The molecule has 0 bridgehead atoms. The van der Waals surface area contributed by atoms with Gasteiger partial charge in [0.2, 0.25) is 5.91 Å². The third-order valence-electron chi connectivity index (χ3n) is 4.52. The van der Waals surface area contributed by atoms with E-state index in [2.05, 4.69) is 11.9 Å². The summed E-state index contributed by atoms with van der Waals surface area (Å²) in [6, 6.07) is 13.6. The van der Waals surface area contributed by atoms with Crippen LogP contribution >= 0.6 is 0 Å². The largest absolute Gasteiger partial charge is 0.339 e. The van der Waals surface area contributed by atoms with Crippen LogP contribution in [0.4, 0.5) is 11.4 Å². The highest BCUT2D eigenvalue weighted by molar-refractivity contribution is 6.09. The fraction of sp³-hybridized carbons (Fsp3) is 0.227. The lowest BCUT2D eigenvalue weighted by atomic mass is 10.1. The molecule has 2 aromatic rings. The Kier molecular flexibility index (Phi) is 6.71. The number of nitrogens with zero attached hydrogens (tertiary/aromatic N) is 2. The SMILES string of the molecule is C=CC(=O)N(C)c1ccc(C(=O)Nc2ccccc2C(=O)N(C)C(C)C)cc1. The minimum absolute atomic E-state index is 0.0408. The average molecular weight is 379 g/mol. The molecule has 0 radical (unpaired) electrons. The van der Waals surface area contributed by atoms with Gasteiger partial charge in [0.1, 0.15) is 0 Å². The third kappa shape index (κ3) is 4.65. The highest BCUT2D eigenvalue weighted by Gasteiger charge is 2.19. The number of likely N-dealkylation sites (N-methyl/N-ethyl adjacent to an activating group) is 1. The number of para-hydroxylation sites is 1. The maximum atomic E-state index is 12.7. The molecule has 0 aliphatic heterocycles. The summed E-state index contributed by atoms with van der Waals surface area (Å²) >= 11 is 0. The van der Waals surface area contributed by atoms with E-state index in [9.17, 15) is 14.4 Å². The maximum absolute atomic E-state index is 12.7. The number of carbonyl (C=O) groups is 3. The second-order valence-electron chi connectivity index (χ2n) is 6.66. The second-order valence-corrected chi connectivity index (χ2v) is 6.66. The molecule has 0 atom stereocenters. The van der Waals surface area contributed by atoms with E-state index in [0.717, 1.165) is 0 Å². The predicted molar refractivity (Wildman–Crippen MR) is 112 cm³/mol. The fourth-order valence-corrected chi connectivity index (χ4v) is 2.50. The van der Waals surface area contributed by atoms with E-state index in [1.807, 2.05) is 13.8 Å². The lowest BCUT2D eigenvalue weighted by Crippen LogP contribution is -2.33. The van der Waals surface area contributed by atoms with E-state index in [-0.39, 0.29) is 23.8 Å². The summed E-state index contributed by atoms with van der Waals surface area (Å²) in [7, 11) is 3.36. The average Bonchev–Trinajstić information content (AvgIpc) is 2.71. The molecule has 2 rings (SSSR count). The molecule has 0 aliphatic carbocycles. The van der Waals surface area contributed by atoms with Crippen molar-refractivity contribution in [2.45, 2.75) is 19.9 Å². The molecule has 3 amide bonds. The summed E-state index contributed by atoms with van der Waals surface area (Å²) in [5.41, 5.74) is 1.95. The first-order valence-corrected chi connectivity index (χ1v) is 8.94. The molecule has 28 heavy (non-hydrogen) atoms. The van der Waals surface area contributed by atoms with Gasteiger partial charge >= 0.3 is 0 Å². The Labute approximate surface area is 165 Å². The highest BCUT2D eigenvalue weighted by atomic mass is 16.2. The molecule has 0 aromatic heterocycles. The van der Waals surface area contributed by atoms with Gasteiger partial charge in [0.05, 0.1) is 11.3 Å². The van der Waals surface area contributed by atoms with Gasteiger partial charge < -0.3 is 15.1 Å². The van der Waals surface area contributed by atoms with Crippen LogP contribution in [0.15, 0.2) is 61.2 Å². The lowest BCUT2D eigenvalue weighted by Gasteiger charge is -2.23. The van der Waals surface area contributed by atoms with Crippen LogP contribution in [-0.4, -0.2) is 42.8 Å². The number of benzene rings is 2. The standard InChI is InChI=1S/C22H25N3O3/c1-6-20(26)25(5)17-13-11-16(12-14-17)21(27)23-19-10-8-7-9-18(19)22(28)24(4)15(2)3/h6-15H,1H2,2-5H3,(H,23,27). The third-order valence-corrected chi connectivity index (χ3v) is 4.52. The number of hydrogen-bond donors (Lipinski definition) is 1. The Morgan fingerprint density at radius 3 is 2.18 bits per heavy atom. The first-order valence-electron chi connectivity index (χ1n) is 8.94. The first kappa shape index (κ1) is 20.9. The van der Waals surface area contributed by atoms with Crippen LogP contribution in [0.1, 0.15) is 34.6 Å². The van der Waals surface area contributed by atoms with E-state index in [1.165, 1.54) is 11.0 Å². The molecule has 2 aromatic carbocycles. The van der Waals surface area contributed by atoms with Crippen LogP contribution in [0.25, 0.3) is 0 Å². The molecule has 0 spiro atoms. The topological polar surface area (TPSA) is 69.7 Å². The predicted octanol–water partition coefficient (Wildman–Crippen LogP) is 3.57. The van der Waals surface area contributed by atoms with E-state index in [0.29, 0.717) is 22.5 Å². The minimum atomic E-state index is -0.336. The van der Waals surface area contributed by atoms with Crippen molar-refractivity contribution in [2.24, 2.45) is 0 Å². The van der Waals surface area contributed by atoms with Crippen molar-refractivity contribution in [3.05, 3.63) is 72.3 Å². The molecule has 0 saturated heterocycles. The molecule has 1 N–H and O–H groups in total. The van der Waals surface area contributed by atoms with Crippen LogP contribution < -0.4 is 10.2 Å². The summed E-state index contributed by atoms with van der Waals surface area (Å²) in [6.45, 7) is 7.31. The zero-order valence-corrected chi connectivity index (χ0v) is 16.6. The summed E-state index contributed by atoms with van der Waals surface area (Å²) in [5, 5.41) is 2.80. The highest BCUT2D eigenvalue weighted by Crippen LogP contribution is 2.20. The van der Waals surface area contributed by atoms with Gasteiger partial charge in [-0.25, -0.2) is 0 Å².